The standard InChI is InChI=1S/C11H11BrN2O/c1-7-10(6-13)14-11(15-7)8-4-2-3-5-9(8)12/h2-5H,6,13H2,1H3. The second-order valence-corrected chi connectivity index (χ2v) is 4.06. The molecule has 0 saturated heterocycles. The van der Waals surface area contributed by atoms with E-state index < -0.39 is 0 Å². The normalized spacial score (nSPS) is 10.6. The first-order chi connectivity index (χ1) is 7.22. The fourth-order valence-corrected chi connectivity index (χ4v) is 1.82. The summed E-state index contributed by atoms with van der Waals surface area (Å²) in [5.74, 6) is 1.39. The maximum Gasteiger partial charge on any atom is 0.227 e. The van der Waals surface area contributed by atoms with Crippen LogP contribution in [0.25, 0.3) is 11.5 Å². The molecule has 0 atom stereocenters. The highest BCUT2D eigenvalue weighted by Gasteiger charge is 2.11. The molecular weight excluding hydrogens is 256 g/mol. The van der Waals surface area contributed by atoms with E-state index in [1.54, 1.807) is 0 Å². The Morgan fingerprint density at radius 3 is 2.73 bits per heavy atom. The third kappa shape index (κ3) is 1.96. The molecule has 2 rings (SSSR count). The molecule has 1 heterocycles. The highest BCUT2D eigenvalue weighted by atomic mass is 79.9. The number of oxazole rings is 1. The Morgan fingerprint density at radius 1 is 1.40 bits per heavy atom. The molecule has 15 heavy (non-hydrogen) atoms. The Labute approximate surface area is 96.4 Å². The molecule has 78 valence electrons. The molecule has 1 aromatic carbocycles. The predicted octanol–water partition coefficient (Wildman–Crippen LogP) is 2.87. The lowest BCUT2D eigenvalue weighted by Gasteiger charge is -1.97. The number of nitrogens with two attached hydrogens (primary N) is 1. The van der Waals surface area contributed by atoms with Gasteiger partial charge in [-0.05, 0) is 35.0 Å². The number of nitrogens with zero attached hydrogens (tertiary/aromatic N) is 1. The lowest BCUT2D eigenvalue weighted by atomic mass is 10.2. The van der Waals surface area contributed by atoms with E-state index in [9.17, 15) is 0 Å². The number of benzene rings is 1. The fraction of sp³-hybridized carbons (Fsp3) is 0.182. The minimum absolute atomic E-state index is 0.403. The number of hydrogen-bond donors (Lipinski definition) is 1. The predicted molar refractivity (Wildman–Crippen MR) is 62.3 cm³/mol. The van der Waals surface area contributed by atoms with Crippen molar-refractivity contribution in [2.24, 2.45) is 5.73 Å². The Kier molecular flexibility index (Phi) is 2.88. The van der Waals surface area contributed by atoms with Gasteiger partial charge >= 0.3 is 0 Å². The summed E-state index contributed by atoms with van der Waals surface area (Å²) in [4.78, 5) is 4.34. The van der Waals surface area contributed by atoms with Gasteiger partial charge < -0.3 is 10.2 Å². The summed E-state index contributed by atoms with van der Waals surface area (Å²) in [6.45, 7) is 2.27. The van der Waals surface area contributed by atoms with Crippen molar-refractivity contribution in [3.8, 4) is 11.5 Å². The Balaban J connectivity index is 2.50. The van der Waals surface area contributed by atoms with Crippen molar-refractivity contribution in [3.63, 3.8) is 0 Å². The van der Waals surface area contributed by atoms with Crippen LogP contribution in [0.15, 0.2) is 33.2 Å². The van der Waals surface area contributed by atoms with Gasteiger partial charge in [-0.25, -0.2) is 4.98 Å². The molecule has 0 radical (unpaired) electrons. The zero-order valence-electron chi connectivity index (χ0n) is 8.33. The van der Waals surface area contributed by atoms with Crippen LogP contribution in [0.3, 0.4) is 0 Å². The van der Waals surface area contributed by atoms with Crippen molar-refractivity contribution in [2.75, 3.05) is 0 Å². The fourth-order valence-electron chi connectivity index (χ4n) is 1.37. The second-order valence-electron chi connectivity index (χ2n) is 3.21. The van der Waals surface area contributed by atoms with E-state index in [2.05, 4.69) is 20.9 Å². The summed E-state index contributed by atoms with van der Waals surface area (Å²) < 4.78 is 6.52. The van der Waals surface area contributed by atoms with E-state index in [1.807, 2.05) is 31.2 Å². The first-order valence-corrected chi connectivity index (χ1v) is 5.43. The van der Waals surface area contributed by atoms with Gasteiger partial charge in [0.25, 0.3) is 0 Å². The van der Waals surface area contributed by atoms with Crippen LogP contribution in [0.4, 0.5) is 0 Å². The molecule has 1 aromatic heterocycles. The van der Waals surface area contributed by atoms with Gasteiger partial charge in [-0.15, -0.1) is 0 Å². The molecule has 0 unspecified atom stereocenters. The van der Waals surface area contributed by atoms with E-state index >= 15 is 0 Å². The van der Waals surface area contributed by atoms with Gasteiger partial charge in [0.1, 0.15) is 5.76 Å². The Hall–Kier alpha value is -1.13. The summed E-state index contributed by atoms with van der Waals surface area (Å²) in [5.41, 5.74) is 7.30. The minimum Gasteiger partial charge on any atom is -0.441 e. The average molecular weight is 267 g/mol. The van der Waals surface area contributed by atoms with Crippen LogP contribution in [-0.2, 0) is 6.54 Å². The first-order valence-electron chi connectivity index (χ1n) is 4.63. The number of rotatable bonds is 2. The molecule has 2 N–H and O–H groups in total. The number of halogens is 1. The van der Waals surface area contributed by atoms with Gasteiger partial charge in [-0.3, -0.25) is 0 Å². The summed E-state index contributed by atoms with van der Waals surface area (Å²) in [6.07, 6.45) is 0. The maximum absolute atomic E-state index is 5.55. The quantitative estimate of drug-likeness (QED) is 0.910. The van der Waals surface area contributed by atoms with E-state index in [0.29, 0.717) is 12.4 Å². The number of aromatic nitrogens is 1. The van der Waals surface area contributed by atoms with Crippen LogP contribution in [0, 0.1) is 6.92 Å². The summed E-state index contributed by atoms with van der Waals surface area (Å²) >= 11 is 3.46. The summed E-state index contributed by atoms with van der Waals surface area (Å²) in [5, 5.41) is 0. The van der Waals surface area contributed by atoms with Gasteiger partial charge in [0.15, 0.2) is 0 Å². The molecular formula is C11H11BrN2O. The first kappa shape index (κ1) is 10.4. The number of aryl methyl sites for hydroxylation is 1. The molecule has 0 saturated carbocycles. The molecule has 0 spiro atoms. The maximum atomic E-state index is 5.55. The van der Waals surface area contributed by atoms with Crippen LogP contribution >= 0.6 is 15.9 Å². The van der Waals surface area contributed by atoms with Crippen molar-refractivity contribution < 1.29 is 4.42 Å². The van der Waals surface area contributed by atoms with Crippen LogP contribution < -0.4 is 5.73 Å². The topological polar surface area (TPSA) is 52.0 Å². The van der Waals surface area contributed by atoms with E-state index in [1.165, 1.54) is 0 Å². The molecule has 2 aromatic rings. The van der Waals surface area contributed by atoms with Gasteiger partial charge in [0, 0.05) is 11.0 Å². The molecule has 0 fully saturated rings. The second kappa shape index (κ2) is 4.16. The lowest BCUT2D eigenvalue weighted by Crippen LogP contribution is -1.97. The summed E-state index contributed by atoms with van der Waals surface area (Å²) in [7, 11) is 0. The molecule has 0 aliphatic rings. The van der Waals surface area contributed by atoms with Gasteiger partial charge in [-0.1, -0.05) is 12.1 Å². The molecule has 3 nitrogen and oxygen atoms in total. The van der Waals surface area contributed by atoms with E-state index in [4.69, 9.17) is 10.2 Å². The van der Waals surface area contributed by atoms with E-state index in [0.717, 1.165) is 21.5 Å². The third-order valence-electron chi connectivity index (χ3n) is 2.19. The largest absolute Gasteiger partial charge is 0.441 e. The van der Waals surface area contributed by atoms with Crippen molar-refractivity contribution >= 4 is 15.9 Å². The zero-order valence-corrected chi connectivity index (χ0v) is 9.91. The van der Waals surface area contributed by atoms with Crippen LogP contribution in [0.2, 0.25) is 0 Å². The minimum atomic E-state index is 0.403. The van der Waals surface area contributed by atoms with Crippen LogP contribution in [0.1, 0.15) is 11.5 Å². The van der Waals surface area contributed by atoms with Crippen LogP contribution in [-0.4, -0.2) is 4.98 Å². The van der Waals surface area contributed by atoms with Crippen molar-refractivity contribution in [3.05, 3.63) is 40.2 Å². The average Bonchev–Trinajstić information content (AvgIpc) is 2.60. The monoisotopic (exact) mass is 266 g/mol. The highest BCUT2D eigenvalue weighted by molar-refractivity contribution is 9.10. The van der Waals surface area contributed by atoms with Gasteiger partial charge in [-0.2, -0.15) is 0 Å². The third-order valence-corrected chi connectivity index (χ3v) is 2.88. The smallest absolute Gasteiger partial charge is 0.227 e. The molecule has 0 aliphatic carbocycles. The zero-order chi connectivity index (χ0) is 10.8. The van der Waals surface area contributed by atoms with Crippen molar-refractivity contribution in [2.45, 2.75) is 13.5 Å². The molecule has 0 amide bonds. The highest BCUT2D eigenvalue weighted by Crippen LogP contribution is 2.28. The summed E-state index contributed by atoms with van der Waals surface area (Å²) in [6, 6.07) is 7.81. The molecule has 0 aliphatic heterocycles. The van der Waals surface area contributed by atoms with Crippen LogP contribution in [0.5, 0.6) is 0 Å². The molecule has 0 bridgehead atoms. The van der Waals surface area contributed by atoms with Gasteiger partial charge in [0.2, 0.25) is 5.89 Å². The Bertz CT molecular complexity index is 479. The number of hydrogen-bond acceptors (Lipinski definition) is 3. The molecule has 4 heteroatoms. The van der Waals surface area contributed by atoms with Gasteiger partial charge in [0.05, 0.1) is 11.3 Å². The van der Waals surface area contributed by atoms with E-state index in [-0.39, 0.29) is 0 Å². The lowest BCUT2D eigenvalue weighted by molar-refractivity contribution is 0.539. The SMILES string of the molecule is Cc1oc(-c2ccccc2Br)nc1CN. The van der Waals surface area contributed by atoms with Crippen molar-refractivity contribution in [1.82, 2.24) is 4.98 Å². The van der Waals surface area contributed by atoms with Crippen molar-refractivity contribution in [1.29, 1.82) is 0 Å². The Morgan fingerprint density at radius 2 is 2.13 bits per heavy atom.